The minimum Gasteiger partial charge on any atom is -0.321 e. The van der Waals surface area contributed by atoms with Gasteiger partial charge in [0.25, 0.3) is 15.9 Å². The van der Waals surface area contributed by atoms with E-state index >= 15 is 0 Å². The van der Waals surface area contributed by atoms with Crippen molar-refractivity contribution in [2.75, 3.05) is 16.7 Å². The highest BCUT2D eigenvalue weighted by Crippen LogP contribution is 2.28. The lowest BCUT2D eigenvalue weighted by Gasteiger charge is -2.21. The summed E-state index contributed by atoms with van der Waals surface area (Å²) in [5, 5.41) is 7.08. The van der Waals surface area contributed by atoms with Crippen molar-refractivity contribution in [3.8, 4) is 0 Å². The monoisotopic (exact) mass is 426 g/mol. The number of aryl methyl sites for hydroxylation is 4. The molecule has 3 rings (SSSR count). The lowest BCUT2D eigenvalue weighted by atomic mass is 10.1. The summed E-state index contributed by atoms with van der Waals surface area (Å²) in [5.41, 5.74) is 3.83. The minimum atomic E-state index is -3.86. The quantitative estimate of drug-likeness (QED) is 0.652. The molecular formula is C22H26N4O3S. The van der Waals surface area contributed by atoms with Gasteiger partial charge in [0.2, 0.25) is 0 Å². The molecule has 0 aliphatic rings. The maximum atomic E-state index is 13.1. The van der Waals surface area contributed by atoms with Crippen molar-refractivity contribution in [3.05, 3.63) is 70.9 Å². The van der Waals surface area contributed by atoms with Gasteiger partial charge in [-0.25, -0.2) is 8.42 Å². The Bertz CT molecular complexity index is 1180. The number of hydrogen-bond donors (Lipinski definition) is 1. The van der Waals surface area contributed by atoms with Gasteiger partial charge in [0, 0.05) is 19.8 Å². The van der Waals surface area contributed by atoms with Crippen LogP contribution in [0.5, 0.6) is 0 Å². The summed E-state index contributed by atoms with van der Waals surface area (Å²) >= 11 is 0. The highest BCUT2D eigenvalue weighted by atomic mass is 32.2. The topological polar surface area (TPSA) is 84.3 Å². The van der Waals surface area contributed by atoms with Crippen LogP contribution in [0.25, 0.3) is 0 Å². The SMILES string of the molecule is CCc1cccc(C)c1NC(=O)c1cnn(C)c1N(C)S(=O)(=O)c1ccc(C)cc1. The van der Waals surface area contributed by atoms with E-state index in [2.05, 4.69) is 10.4 Å². The van der Waals surface area contributed by atoms with Gasteiger partial charge in [-0.1, -0.05) is 42.8 Å². The van der Waals surface area contributed by atoms with Crippen molar-refractivity contribution in [1.29, 1.82) is 0 Å². The highest BCUT2D eigenvalue weighted by molar-refractivity contribution is 7.92. The van der Waals surface area contributed by atoms with Gasteiger partial charge >= 0.3 is 0 Å². The van der Waals surface area contributed by atoms with E-state index in [0.717, 1.165) is 33.1 Å². The number of nitrogens with zero attached hydrogens (tertiary/aromatic N) is 3. The smallest absolute Gasteiger partial charge is 0.265 e. The van der Waals surface area contributed by atoms with Crippen LogP contribution in [0.2, 0.25) is 0 Å². The first-order valence-corrected chi connectivity index (χ1v) is 11.1. The first-order valence-electron chi connectivity index (χ1n) is 9.64. The zero-order valence-corrected chi connectivity index (χ0v) is 18.6. The van der Waals surface area contributed by atoms with E-state index in [1.165, 1.54) is 17.9 Å². The lowest BCUT2D eigenvalue weighted by Crippen LogP contribution is -2.30. The fraction of sp³-hybridized carbons (Fsp3) is 0.273. The van der Waals surface area contributed by atoms with E-state index < -0.39 is 15.9 Å². The molecule has 30 heavy (non-hydrogen) atoms. The average molecular weight is 427 g/mol. The van der Waals surface area contributed by atoms with Crippen molar-refractivity contribution >= 4 is 27.4 Å². The van der Waals surface area contributed by atoms with Gasteiger partial charge in [-0.3, -0.25) is 13.8 Å². The van der Waals surface area contributed by atoms with E-state index in [-0.39, 0.29) is 16.3 Å². The molecule has 0 unspecified atom stereocenters. The summed E-state index contributed by atoms with van der Waals surface area (Å²) < 4.78 is 28.8. The Hall–Kier alpha value is -3.13. The third-order valence-corrected chi connectivity index (χ3v) is 6.87. The molecule has 0 radical (unpaired) electrons. The minimum absolute atomic E-state index is 0.148. The molecule has 0 atom stereocenters. The van der Waals surface area contributed by atoms with E-state index in [1.54, 1.807) is 31.3 Å². The fourth-order valence-electron chi connectivity index (χ4n) is 3.33. The van der Waals surface area contributed by atoms with E-state index in [4.69, 9.17) is 0 Å². The second-order valence-corrected chi connectivity index (χ2v) is 9.18. The van der Waals surface area contributed by atoms with Gasteiger partial charge in [-0.05, 0) is 43.5 Å². The summed E-state index contributed by atoms with van der Waals surface area (Å²) in [4.78, 5) is 13.2. The Kier molecular flexibility index (Phi) is 5.98. The number of anilines is 2. The predicted molar refractivity (Wildman–Crippen MR) is 118 cm³/mol. The van der Waals surface area contributed by atoms with Crippen molar-refractivity contribution in [1.82, 2.24) is 9.78 Å². The molecule has 0 saturated carbocycles. The number of amides is 1. The van der Waals surface area contributed by atoms with Gasteiger partial charge in [-0.15, -0.1) is 0 Å². The molecule has 0 spiro atoms. The molecule has 1 amide bonds. The first-order chi connectivity index (χ1) is 14.2. The Morgan fingerprint density at radius 2 is 1.80 bits per heavy atom. The van der Waals surface area contributed by atoms with Gasteiger partial charge in [0.15, 0.2) is 5.82 Å². The molecule has 158 valence electrons. The maximum absolute atomic E-state index is 13.1. The Labute approximate surface area is 177 Å². The predicted octanol–water partition coefficient (Wildman–Crippen LogP) is 3.68. The van der Waals surface area contributed by atoms with E-state index in [1.807, 2.05) is 39.0 Å². The molecule has 0 fully saturated rings. The second kappa shape index (κ2) is 8.31. The van der Waals surface area contributed by atoms with Gasteiger partial charge in [-0.2, -0.15) is 5.10 Å². The van der Waals surface area contributed by atoms with Gasteiger partial charge in [0.1, 0.15) is 5.56 Å². The molecule has 7 nitrogen and oxygen atoms in total. The van der Waals surface area contributed by atoms with Crippen LogP contribution in [0.3, 0.4) is 0 Å². The third kappa shape index (κ3) is 3.95. The standard InChI is InChI=1S/C22H26N4O3S/c1-6-17-9-7-8-16(3)20(17)24-21(27)19-14-23-25(4)22(19)26(5)30(28,29)18-12-10-15(2)11-13-18/h7-14H,6H2,1-5H3,(H,24,27). The number of carbonyl (C=O) groups excluding carboxylic acids is 1. The lowest BCUT2D eigenvalue weighted by molar-refractivity contribution is 0.102. The normalized spacial score (nSPS) is 11.4. The molecule has 0 saturated heterocycles. The molecule has 0 aliphatic carbocycles. The number of para-hydroxylation sites is 1. The van der Waals surface area contributed by atoms with Gasteiger partial charge in [0.05, 0.1) is 11.1 Å². The zero-order chi connectivity index (χ0) is 22.1. The van der Waals surface area contributed by atoms with Crippen LogP contribution in [-0.2, 0) is 23.5 Å². The average Bonchev–Trinajstić information content (AvgIpc) is 3.10. The molecule has 0 aliphatic heterocycles. The summed E-state index contributed by atoms with van der Waals surface area (Å²) in [6.07, 6.45) is 2.15. The molecule has 3 aromatic rings. The maximum Gasteiger partial charge on any atom is 0.265 e. The second-order valence-electron chi connectivity index (χ2n) is 7.21. The summed E-state index contributed by atoms with van der Waals surface area (Å²) in [6.45, 7) is 5.83. The third-order valence-electron chi connectivity index (χ3n) is 5.11. The van der Waals surface area contributed by atoms with Crippen LogP contribution in [-0.4, -0.2) is 31.2 Å². The van der Waals surface area contributed by atoms with Crippen LogP contribution in [0, 0.1) is 13.8 Å². The fourth-order valence-corrected chi connectivity index (χ4v) is 4.57. The van der Waals surface area contributed by atoms with Crippen molar-refractivity contribution in [2.24, 2.45) is 7.05 Å². The summed E-state index contributed by atoms with van der Waals surface area (Å²) in [5.74, 6) is -0.215. The van der Waals surface area contributed by atoms with Crippen molar-refractivity contribution < 1.29 is 13.2 Å². The number of aromatic nitrogens is 2. The van der Waals surface area contributed by atoms with Crippen LogP contribution in [0.1, 0.15) is 34.0 Å². The molecule has 0 bridgehead atoms. The number of benzene rings is 2. The van der Waals surface area contributed by atoms with Crippen LogP contribution < -0.4 is 9.62 Å². The number of nitrogens with one attached hydrogen (secondary N) is 1. The van der Waals surface area contributed by atoms with E-state index in [0.29, 0.717) is 0 Å². The zero-order valence-electron chi connectivity index (χ0n) is 17.8. The van der Waals surface area contributed by atoms with E-state index in [9.17, 15) is 13.2 Å². The summed E-state index contributed by atoms with van der Waals surface area (Å²) in [6, 6.07) is 12.4. The van der Waals surface area contributed by atoms with Crippen molar-refractivity contribution in [2.45, 2.75) is 32.1 Å². The highest BCUT2D eigenvalue weighted by Gasteiger charge is 2.28. The van der Waals surface area contributed by atoms with Crippen LogP contribution >= 0.6 is 0 Å². The summed E-state index contributed by atoms with van der Waals surface area (Å²) in [7, 11) is -0.824. The Morgan fingerprint density at radius 3 is 2.43 bits per heavy atom. The van der Waals surface area contributed by atoms with Crippen LogP contribution in [0.15, 0.2) is 53.6 Å². The number of sulfonamides is 1. The number of hydrogen-bond acceptors (Lipinski definition) is 4. The molecule has 1 heterocycles. The number of carbonyl (C=O) groups is 1. The van der Waals surface area contributed by atoms with Crippen molar-refractivity contribution in [3.63, 3.8) is 0 Å². The largest absolute Gasteiger partial charge is 0.321 e. The molecule has 1 aromatic heterocycles. The molecule has 2 aromatic carbocycles. The molecule has 8 heteroatoms. The van der Waals surface area contributed by atoms with Gasteiger partial charge < -0.3 is 5.32 Å². The van der Waals surface area contributed by atoms with Crippen LogP contribution in [0.4, 0.5) is 11.5 Å². The number of rotatable bonds is 6. The Morgan fingerprint density at radius 1 is 1.13 bits per heavy atom. The first kappa shape index (κ1) is 21.6. The molecular weight excluding hydrogens is 400 g/mol. The molecule has 1 N–H and O–H groups in total. The Balaban J connectivity index is 1.99.